The van der Waals surface area contributed by atoms with Gasteiger partial charge in [0.2, 0.25) is 0 Å². The summed E-state index contributed by atoms with van der Waals surface area (Å²) in [5.41, 5.74) is 0. The molecule has 0 fully saturated rings. The van der Waals surface area contributed by atoms with E-state index >= 15 is 0 Å². The Morgan fingerprint density at radius 2 is 0.881 bits per heavy atom. The van der Waals surface area contributed by atoms with Crippen LogP contribution in [0, 0.1) is 6.07 Å². The molecular weight excluding hydrogens is 661 g/mol. The van der Waals surface area contributed by atoms with Crippen LogP contribution in [0.1, 0.15) is 20.8 Å². The van der Waals surface area contributed by atoms with E-state index in [1.807, 2.05) is 39.0 Å². The van der Waals surface area contributed by atoms with Gasteiger partial charge >= 0.3 is 20.4 Å². The first kappa shape index (κ1) is 36.0. The first-order valence-corrected chi connectivity index (χ1v) is 17.3. The third-order valence-electron chi connectivity index (χ3n) is 5.73. The Hall–Kier alpha value is -2.23. The molecule has 5 aromatic rings. The molecule has 0 saturated heterocycles. The van der Waals surface area contributed by atoms with E-state index in [0.29, 0.717) is 0 Å². The number of ether oxygens (including phenoxy) is 1. The van der Waals surface area contributed by atoms with Crippen molar-refractivity contribution in [2.45, 2.75) is 25.5 Å². The molecule has 0 bridgehead atoms. The third-order valence-corrected chi connectivity index (χ3v) is 11.1. The minimum Gasteiger partial charge on any atom is -0.787 e. The Labute approximate surface area is 275 Å². The van der Waals surface area contributed by atoms with E-state index in [-0.39, 0.29) is 41.0 Å². The van der Waals surface area contributed by atoms with Gasteiger partial charge in [-0.05, 0) is 49.4 Å². The minimum atomic E-state index is -0.348. The molecule has 5 heteroatoms. The second-order valence-electron chi connectivity index (χ2n) is 10.2. The maximum absolute atomic E-state index is 4.88. The third kappa shape index (κ3) is 13.8. The minimum absolute atomic E-state index is 0. The van der Waals surface area contributed by atoms with E-state index in [4.69, 9.17) is 17.4 Å². The van der Waals surface area contributed by atoms with E-state index in [1.54, 1.807) is 13.2 Å². The van der Waals surface area contributed by atoms with Crippen LogP contribution in [-0.2, 0) is 33.1 Å². The molecule has 0 heterocycles. The molecule has 5 rings (SSSR count). The van der Waals surface area contributed by atoms with Gasteiger partial charge in [0.1, 0.15) is 0 Å². The van der Waals surface area contributed by atoms with Crippen molar-refractivity contribution in [1.82, 2.24) is 0 Å². The Morgan fingerprint density at radius 3 is 1.10 bits per heavy atom. The smallest absolute Gasteiger partial charge is 0.787 e. The fourth-order valence-electron chi connectivity index (χ4n) is 3.95. The van der Waals surface area contributed by atoms with Crippen LogP contribution in [0.15, 0.2) is 146 Å². The van der Waals surface area contributed by atoms with Crippen LogP contribution in [0.4, 0.5) is 0 Å². The number of methoxy groups -OCH3 is 1. The average molecular weight is 701 g/mol. The van der Waals surface area contributed by atoms with E-state index in [9.17, 15) is 0 Å². The van der Waals surface area contributed by atoms with Crippen LogP contribution in [0.3, 0.4) is 0 Å². The van der Waals surface area contributed by atoms with Gasteiger partial charge in [-0.1, -0.05) is 142 Å². The quantitative estimate of drug-likeness (QED) is 0.0701. The summed E-state index contributed by atoms with van der Waals surface area (Å²) in [6, 6.07) is 54.5. The SMILES string of the molecule is CC(C)(C)[S-].COc1c[c-]ccc1.[Pd+2].c1ccc(P(CCP(c2ccccc2)c2ccccc2)c2ccccc2)cc1. The van der Waals surface area contributed by atoms with Crippen LogP contribution >= 0.6 is 15.8 Å². The molecule has 0 aliphatic heterocycles. The fraction of sp³-hybridized carbons (Fsp3) is 0.189. The van der Waals surface area contributed by atoms with Crippen molar-refractivity contribution in [3.8, 4) is 5.75 Å². The molecule has 0 unspecified atom stereocenters. The average Bonchev–Trinajstić information content (AvgIpc) is 3.01. The van der Waals surface area contributed by atoms with Gasteiger partial charge in [-0.3, -0.25) is 0 Å². The summed E-state index contributed by atoms with van der Waals surface area (Å²) in [6.07, 6.45) is 2.41. The van der Waals surface area contributed by atoms with Crippen molar-refractivity contribution < 1.29 is 25.2 Å². The van der Waals surface area contributed by atoms with Gasteiger partial charge in [0.05, 0.1) is 7.11 Å². The molecule has 0 aromatic heterocycles. The second kappa shape index (κ2) is 19.9. The van der Waals surface area contributed by atoms with Gasteiger partial charge < -0.3 is 17.4 Å². The molecule has 42 heavy (non-hydrogen) atoms. The molecule has 0 spiro atoms. The number of hydrogen-bond acceptors (Lipinski definition) is 2. The van der Waals surface area contributed by atoms with Crippen molar-refractivity contribution in [3.63, 3.8) is 0 Å². The van der Waals surface area contributed by atoms with Gasteiger partial charge in [-0.25, -0.2) is 0 Å². The molecule has 0 radical (unpaired) electrons. The van der Waals surface area contributed by atoms with E-state index < -0.39 is 0 Å². The molecule has 0 N–H and O–H groups in total. The van der Waals surface area contributed by atoms with E-state index in [1.165, 1.54) is 33.5 Å². The first-order chi connectivity index (χ1) is 19.8. The van der Waals surface area contributed by atoms with Crippen molar-refractivity contribution in [1.29, 1.82) is 0 Å². The van der Waals surface area contributed by atoms with E-state index in [0.717, 1.165) is 5.75 Å². The maximum Gasteiger partial charge on any atom is 2.00 e. The van der Waals surface area contributed by atoms with Crippen LogP contribution in [0.5, 0.6) is 5.75 Å². The molecule has 0 amide bonds. The van der Waals surface area contributed by atoms with Gasteiger partial charge in [-0.2, -0.15) is 22.9 Å². The van der Waals surface area contributed by atoms with Crippen molar-refractivity contribution in [3.05, 3.63) is 152 Å². The summed E-state index contributed by atoms with van der Waals surface area (Å²) in [4.78, 5) is 0. The zero-order chi connectivity index (χ0) is 29.3. The summed E-state index contributed by atoms with van der Waals surface area (Å²) in [7, 11) is 0.946. The molecule has 5 aromatic carbocycles. The summed E-state index contributed by atoms with van der Waals surface area (Å²) >= 11 is 4.83. The number of rotatable bonds is 8. The Balaban J connectivity index is 0.000000367. The number of benzene rings is 5. The normalized spacial score (nSPS) is 10.5. The molecule has 1 nitrogen and oxygen atoms in total. The number of hydrogen-bond donors (Lipinski definition) is 0. The maximum atomic E-state index is 4.88. The van der Waals surface area contributed by atoms with Crippen molar-refractivity contribution in [2.24, 2.45) is 0 Å². The Bertz CT molecular complexity index is 1180. The second-order valence-corrected chi connectivity index (χ2v) is 16.1. The zero-order valence-electron chi connectivity index (χ0n) is 24.8. The van der Waals surface area contributed by atoms with Crippen LogP contribution in [0.25, 0.3) is 0 Å². The molecule has 220 valence electrons. The summed E-state index contributed by atoms with van der Waals surface area (Å²) in [6.45, 7) is 6.01. The monoisotopic (exact) mass is 700 g/mol. The van der Waals surface area contributed by atoms with Gasteiger partial charge in [0.15, 0.2) is 0 Å². The topological polar surface area (TPSA) is 9.23 Å². The Morgan fingerprint density at radius 1 is 0.571 bits per heavy atom. The largest absolute Gasteiger partial charge is 2.00 e. The van der Waals surface area contributed by atoms with Gasteiger partial charge in [0, 0.05) is 5.75 Å². The molecule has 0 saturated carbocycles. The molecular formula is C37H40OP2PdS. The fourth-order valence-corrected chi connectivity index (χ4v) is 9.31. The van der Waals surface area contributed by atoms with Gasteiger partial charge in [-0.15, -0.1) is 12.1 Å². The predicted octanol–water partition coefficient (Wildman–Crippen LogP) is 8.08. The standard InChI is InChI=1S/C26H24P2.C7H7O.C4H10S.Pd/c1-5-13-23(14-6-1)27(24-15-7-2-8-16-24)21-22-28(25-17-9-3-10-18-25)26-19-11-4-12-20-26;1-8-7-5-3-2-4-6-7;1-4(2,3)5;/h1-20H,21-22H2;2-3,5-6H,1H3;5H,1-3H3;/q;-1;;+2/p-1. The summed E-state index contributed by atoms with van der Waals surface area (Å²) in [5, 5.41) is 5.89. The van der Waals surface area contributed by atoms with Crippen molar-refractivity contribution >= 4 is 49.7 Å². The van der Waals surface area contributed by atoms with Crippen LogP contribution < -0.4 is 26.0 Å². The summed E-state index contributed by atoms with van der Waals surface area (Å²) in [5.74, 6) is 0.854. The van der Waals surface area contributed by atoms with Crippen LogP contribution in [0.2, 0.25) is 0 Å². The zero-order valence-corrected chi connectivity index (χ0v) is 29.0. The molecule has 0 aliphatic rings. The molecule has 0 aliphatic carbocycles. The summed E-state index contributed by atoms with van der Waals surface area (Å²) < 4.78 is 4.97. The van der Waals surface area contributed by atoms with E-state index in [2.05, 4.69) is 127 Å². The van der Waals surface area contributed by atoms with Gasteiger partial charge in [0.25, 0.3) is 0 Å². The molecule has 0 atom stereocenters. The first-order valence-electron chi connectivity index (χ1n) is 13.8. The Kier molecular flexibility index (Phi) is 17.0. The van der Waals surface area contributed by atoms with Crippen LogP contribution in [-0.4, -0.2) is 24.2 Å². The van der Waals surface area contributed by atoms with Crippen molar-refractivity contribution in [2.75, 3.05) is 19.4 Å². The predicted molar refractivity (Wildman–Crippen MR) is 187 cm³/mol.